The first-order valence-electron chi connectivity index (χ1n) is 10.0. The van der Waals surface area contributed by atoms with Crippen LogP contribution >= 0.6 is 22.7 Å². The van der Waals surface area contributed by atoms with Crippen molar-refractivity contribution in [1.82, 2.24) is 0 Å². The normalized spacial score (nSPS) is 11.1. The lowest BCUT2D eigenvalue weighted by atomic mass is 10.0. The minimum atomic E-state index is -0.390. The largest absolute Gasteiger partial charge is 0.392 e. The quantitative estimate of drug-likeness (QED) is 0.290. The van der Waals surface area contributed by atoms with Crippen LogP contribution in [0.2, 0.25) is 0 Å². The molecule has 4 aromatic rings. The lowest BCUT2D eigenvalue weighted by Gasteiger charge is -2.05. The Balaban J connectivity index is 1.89. The number of carbonyl (C=O) groups is 1. The monoisotopic (exact) mass is 466 g/mol. The van der Waals surface area contributed by atoms with Crippen LogP contribution < -0.4 is 0 Å². The van der Waals surface area contributed by atoms with E-state index >= 15 is 0 Å². The second kappa shape index (κ2) is 9.87. The number of hydrogen-bond acceptors (Lipinski definition) is 7. The average Bonchev–Trinajstić information content (AvgIpc) is 3.42. The molecule has 0 bridgehead atoms. The van der Waals surface area contributed by atoms with Gasteiger partial charge in [-0.1, -0.05) is 60.7 Å². The van der Waals surface area contributed by atoms with Crippen molar-refractivity contribution in [3.05, 3.63) is 92.7 Å². The third-order valence-electron chi connectivity index (χ3n) is 5.35. The summed E-state index contributed by atoms with van der Waals surface area (Å²) >= 11 is 2.44. The lowest BCUT2D eigenvalue weighted by Crippen LogP contribution is -2.05. The number of rotatable bonds is 8. The van der Waals surface area contributed by atoms with Crippen LogP contribution in [0.15, 0.2) is 60.7 Å². The van der Waals surface area contributed by atoms with Gasteiger partial charge in [-0.2, -0.15) is 0 Å². The van der Waals surface area contributed by atoms with Crippen LogP contribution in [0.3, 0.4) is 0 Å². The topological polar surface area (TPSA) is 98.0 Å². The molecule has 0 fully saturated rings. The maximum atomic E-state index is 13.7. The Kier molecular flexibility index (Phi) is 6.95. The fourth-order valence-corrected chi connectivity index (χ4v) is 6.40. The molecule has 0 saturated heterocycles. The molecule has 0 aliphatic rings. The summed E-state index contributed by atoms with van der Waals surface area (Å²) in [6.07, 6.45) is 0. The fraction of sp³-hybridized carbons (Fsp3) is 0.160. The first-order chi connectivity index (χ1) is 15.6. The number of ketones is 1. The lowest BCUT2D eigenvalue weighted by molar-refractivity contribution is 0.104. The number of aliphatic hydroxyl groups excluding tert-OH is 4. The molecule has 0 amide bonds. The SMILES string of the molecule is O=C(c1sc(-c2ccccc2)c(CO)c1CO)c1sc(-c2ccccc2)c(CO)c1CO. The summed E-state index contributed by atoms with van der Waals surface area (Å²) < 4.78 is 0. The number of carbonyl (C=O) groups excluding carboxylic acids is 1. The molecule has 4 rings (SSSR count). The van der Waals surface area contributed by atoms with E-state index in [1.54, 1.807) is 0 Å². The first-order valence-corrected chi connectivity index (χ1v) is 11.7. The van der Waals surface area contributed by atoms with Gasteiger partial charge >= 0.3 is 0 Å². The van der Waals surface area contributed by atoms with Crippen LogP contribution in [0.4, 0.5) is 0 Å². The van der Waals surface area contributed by atoms with Crippen molar-refractivity contribution >= 4 is 28.5 Å². The van der Waals surface area contributed by atoms with Gasteiger partial charge in [-0.15, -0.1) is 22.7 Å². The molecule has 0 unspecified atom stereocenters. The summed E-state index contributed by atoms with van der Waals surface area (Å²) in [5.74, 6) is -0.332. The molecule has 32 heavy (non-hydrogen) atoms. The van der Waals surface area contributed by atoms with E-state index in [1.165, 1.54) is 22.7 Å². The van der Waals surface area contributed by atoms with Gasteiger partial charge < -0.3 is 20.4 Å². The highest BCUT2D eigenvalue weighted by Gasteiger charge is 2.28. The van der Waals surface area contributed by atoms with Crippen molar-refractivity contribution in [1.29, 1.82) is 0 Å². The number of aliphatic hydroxyl groups is 4. The molecule has 7 heteroatoms. The van der Waals surface area contributed by atoms with Crippen LogP contribution in [0.1, 0.15) is 36.8 Å². The molecule has 0 atom stereocenters. The smallest absolute Gasteiger partial charge is 0.213 e. The highest BCUT2D eigenvalue weighted by Crippen LogP contribution is 2.42. The maximum Gasteiger partial charge on any atom is 0.213 e. The second-order valence-corrected chi connectivity index (χ2v) is 9.17. The highest BCUT2D eigenvalue weighted by molar-refractivity contribution is 7.21. The van der Waals surface area contributed by atoms with Gasteiger partial charge in [-0.3, -0.25) is 4.79 Å². The number of thiophene rings is 2. The number of hydrogen-bond donors (Lipinski definition) is 4. The molecule has 0 aliphatic carbocycles. The zero-order chi connectivity index (χ0) is 22.7. The average molecular weight is 467 g/mol. The summed E-state index contributed by atoms with van der Waals surface area (Å²) in [6.45, 7) is -1.40. The summed E-state index contributed by atoms with van der Waals surface area (Å²) in [4.78, 5) is 15.8. The van der Waals surface area contributed by atoms with Crippen molar-refractivity contribution < 1.29 is 25.2 Å². The van der Waals surface area contributed by atoms with Crippen molar-refractivity contribution in [3.8, 4) is 20.9 Å². The van der Waals surface area contributed by atoms with Crippen LogP contribution in [0.5, 0.6) is 0 Å². The maximum absolute atomic E-state index is 13.7. The Hall–Kier alpha value is -2.65. The van der Waals surface area contributed by atoms with E-state index in [0.29, 0.717) is 32.0 Å². The van der Waals surface area contributed by atoms with E-state index in [1.807, 2.05) is 60.7 Å². The molecule has 2 aromatic carbocycles. The molecule has 0 aliphatic heterocycles. The van der Waals surface area contributed by atoms with Gasteiger partial charge in [0.2, 0.25) is 5.78 Å². The third-order valence-corrected chi connectivity index (χ3v) is 7.99. The molecule has 5 nitrogen and oxygen atoms in total. The Morgan fingerprint density at radius 1 is 0.562 bits per heavy atom. The standard InChI is InChI=1S/C25H22O5S2/c26-11-17-19(13-28)24(31-22(17)15-7-3-1-4-8-15)21(30)25-20(14-29)18(12-27)23(32-25)16-9-5-2-6-10-16/h1-10,26-29H,11-14H2. The molecule has 4 N–H and O–H groups in total. The zero-order valence-corrected chi connectivity index (χ0v) is 18.7. The van der Waals surface area contributed by atoms with Gasteiger partial charge in [0.1, 0.15) is 0 Å². The highest BCUT2D eigenvalue weighted by atomic mass is 32.1. The van der Waals surface area contributed by atoms with Crippen molar-refractivity contribution in [2.75, 3.05) is 0 Å². The molecule has 2 aromatic heterocycles. The molecular formula is C25H22O5S2. The van der Waals surface area contributed by atoms with Gasteiger partial charge in [0, 0.05) is 32.0 Å². The van der Waals surface area contributed by atoms with E-state index in [9.17, 15) is 25.2 Å². The Morgan fingerprint density at radius 2 is 0.906 bits per heavy atom. The Morgan fingerprint density at radius 3 is 1.22 bits per heavy atom. The van der Waals surface area contributed by atoms with Crippen LogP contribution in [-0.4, -0.2) is 26.2 Å². The summed E-state index contributed by atoms with van der Waals surface area (Å²) in [5.41, 5.74) is 3.55. The van der Waals surface area contributed by atoms with Crippen molar-refractivity contribution in [2.45, 2.75) is 26.4 Å². The Labute approximate surface area is 193 Å². The van der Waals surface area contributed by atoms with Gasteiger partial charge in [0.15, 0.2) is 0 Å². The Bertz CT molecular complexity index is 1130. The van der Waals surface area contributed by atoms with Gasteiger partial charge in [-0.05, 0) is 11.1 Å². The predicted molar refractivity (Wildman–Crippen MR) is 127 cm³/mol. The van der Waals surface area contributed by atoms with Crippen LogP contribution in [0.25, 0.3) is 20.9 Å². The van der Waals surface area contributed by atoms with Gasteiger partial charge in [0.25, 0.3) is 0 Å². The molecule has 0 spiro atoms. The van der Waals surface area contributed by atoms with Crippen LogP contribution in [-0.2, 0) is 26.4 Å². The minimum absolute atomic E-state index is 0.307. The van der Waals surface area contributed by atoms with Gasteiger partial charge in [-0.25, -0.2) is 0 Å². The van der Waals surface area contributed by atoms with E-state index in [2.05, 4.69) is 0 Å². The predicted octanol–water partition coefficient (Wildman–Crippen LogP) is 4.34. The second-order valence-electron chi connectivity index (χ2n) is 7.13. The molecule has 0 saturated carbocycles. The molecule has 164 valence electrons. The summed E-state index contributed by atoms with van der Waals surface area (Å²) in [7, 11) is 0. The van der Waals surface area contributed by atoms with E-state index < -0.39 is 13.2 Å². The minimum Gasteiger partial charge on any atom is -0.392 e. The van der Waals surface area contributed by atoms with Crippen molar-refractivity contribution in [2.24, 2.45) is 0 Å². The van der Waals surface area contributed by atoms with E-state index in [4.69, 9.17) is 0 Å². The summed E-state index contributed by atoms with van der Waals surface area (Å²) in [6, 6.07) is 18.8. The molecular weight excluding hydrogens is 444 g/mol. The summed E-state index contributed by atoms with van der Waals surface area (Å²) in [5, 5.41) is 40.1. The number of benzene rings is 2. The molecule has 0 radical (unpaired) electrons. The molecule has 2 heterocycles. The van der Waals surface area contributed by atoms with Gasteiger partial charge in [0.05, 0.1) is 36.2 Å². The van der Waals surface area contributed by atoms with Crippen LogP contribution in [0, 0.1) is 0 Å². The van der Waals surface area contributed by atoms with E-state index in [-0.39, 0.29) is 19.0 Å². The third kappa shape index (κ3) is 3.95. The van der Waals surface area contributed by atoms with E-state index in [0.717, 1.165) is 20.9 Å². The first kappa shape index (κ1) is 22.5. The van der Waals surface area contributed by atoms with Crippen molar-refractivity contribution in [3.63, 3.8) is 0 Å². The fourth-order valence-electron chi connectivity index (χ4n) is 3.78. The zero-order valence-electron chi connectivity index (χ0n) is 17.1.